The van der Waals surface area contributed by atoms with E-state index < -0.39 is 0 Å². The molecule has 0 saturated heterocycles. The molecule has 0 saturated carbocycles. The maximum atomic E-state index is 4.22. The van der Waals surface area contributed by atoms with Crippen molar-refractivity contribution in [1.29, 1.82) is 0 Å². The molecule has 0 amide bonds. The fourth-order valence-corrected chi connectivity index (χ4v) is 1.90. The summed E-state index contributed by atoms with van der Waals surface area (Å²) in [6.45, 7) is 6.19. The van der Waals surface area contributed by atoms with Crippen molar-refractivity contribution in [2.24, 2.45) is 0 Å². The minimum absolute atomic E-state index is 1.13. The molecule has 0 spiro atoms. The fourth-order valence-electron chi connectivity index (χ4n) is 0.688. The van der Waals surface area contributed by atoms with Gasteiger partial charge in [0.05, 0.1) is 5.69 Å². The summed E-state index contributed by atoms with van der Waals surface area (Å²) in [4.78, 5) is 0. The maximum Gasteiger partial charge on any atom is 0.0550 e. The van der Waals surface area contributed by atoms with Gasteiger partial charge in [-0.1, -0.05) is 20.8 Å². The van der Waals surface area contributed by atoms with Gasteiger partial charge in [0, 0.05) is 5.38 Å². The van der Waals surface area contributed by atoms with Crippen molar-refractivity contribution in [2.45, 2.75) is 27.2 Å². The van der Waals surface area contributed by atoms with Gasteiger partial charge < -0.3 is 0 Å². The van der Waals surface area contributed by atoms with E-state index in [2.05, 4.69) is 17.4 Å². The molecule has 0 aliphatic heterocycles. The molecule has 0 N–H and O–H groups in total. The van der Waals surface area contributed by atoms with Crippen molar-refractivity contribution in [3.05, 3.63) is 17.1 Å². The number of aryl methyl sites for hydroxylation is 1. The minimum Gasteiger partial charge on any atom is -0.198 e. The Balaban J connectivity index is 0.000000561. The van der Waals surface area contributed by atoms with E-state index >= 15 is 0 Å². The Bertz CT molecular complexity index is 161. The van der Waals surface area contributed by atoms with Crippen LogP contribution in [0.4, 0.5) is 0 Å². The topological polar surface area (TPSA) is 12.9 Å². The van der Waals surface area contributed by atoms with Crippen LogP contribution in [-0.4, -0.2) is 15.9 Å². The molecular weight excluding hydrogens is 186 g/mol. The first-order valence-electron chi connectivity index (χ1n) is 4.40. The predicted octanol–water partition coefficient (Wildman–Crippen LogP) is 3.46. The first-order chi connectivity index (χ1) is 5.93. The number of aromatic nitrogens is 1. The number of hydrogen-bond donors (Lipinski definition) is 0. The average Bonchev–Trinajstić information content (AvgIpc) is 2.61. The minimum atomic E-state index is 1.13. The van der Waals surface area contributed by atoms with Gasteiger partial charge in [0.15, 0.2) is 0 Å². The van der Waals surface area contributed by atoms with Crippen LogP contribution in [0, 0.1) is 0 Å². The number of nitrogens with zero attached hydrogens (tertiary/aromatic N) is 1. The molecule has 0 bridgehead atoms. The van der Waals surface area contributed by atoms with Crippen molar-refractivity contribution in [3.63, 3.8) is 0 Å². The molecule has 3 heteroatoms. The van der Waals surface area contributed by atoms with E-state index in [0.29, 0.717) is 0 Å². The largest absolute Gasteiger partial charge is 0.198 e. The molecule has 0 unspecified atom stereocenters. The van der Waals surface area contributed by atoms with Gasteiger partial charge in [0.2, 0.25) is 0 Å². The molecular formula is C9H17NS2. The highest BCUT2D eigenvalue weighted by Gasteiger charge is 1.92. The standard InChI is InChI=1S/C7H11NS2.C2H6/c1-2-9-5-3-7-4-6-10-8-7;1-2/h4,6H,2-3,5H2,1H3;1-2H3. The molecule has 1 aromatic rings. The van der Waals surface area contributed by atoms with E-state index in [9.17, 15) is 0 Å². The highest BCUT2D eigenvalue weighted by Crippen LogP contribution is 2.05. The molecule has 0 aliphatic rings. The molecule has 1 heterocycles. The highest BCUT2D eigenvalue weighted by atomic mass is 32.2. The van der Waals surface area contributed by atoms with Crippen molar-refractivity contribution in [2.75, 3.05) is 11.5 Å². The zero-order valence-corrected chi connectivity index (χ0v) is 9.67. The molecule has 12 heavy (non-hydrogen) atoms. The van der Waals surface area contributed by atoms with Crippen molar-refractivity contribution in [3.8, 4) is 0 Å². The van der Waals surface area contributed by atoms with E-state index in [-0.39, 0.29) is 0 Å². The van der Waals surface area contributed by atoms with Gasteiger partial charge >= 0.3 is 0 Å². The summed E-state index contributed by atoms with van der Waals surface area (Å²) in [7, 11) is 0. The quantitative estimate of drug-likeness (QED) is 0.695. The van der Waals surface area contributed by atoms with Crippen LogP contribution in [0.25, 0.3) is 0 Å². The lowest BCUT2D eigenvalue weighted by Crippen LogP contribution is -1.87. The average molecular weight is 203 g/mol. The van der Waals surface area contributed by atoms with Crippen LogP contribution < -0.4 is 0 Å². The second-order valence-electron chi connectivity index (χ2n) is 1.94. The van der Waals surface area contributed by atoms with E-state index in [4.69, 9.17) is 0 Å². The van der Waals surface area contributed by atoms with Crippen LogP contribution in [0.2, 0.25) is 0 Å². The Hall–Kier alpha value is -0.0200. The lowest BCUT2D eigenvalue weighted by atomic mass is 10.3. The van der Waals surface area contributed by atoms with Crippen molar-refractivity contribution in [1.82, 2.24) is 4.37 Å². The summed E-state index contributed by atoms with van der Waals surface area (Å²) in [6, 6.07) is 2.10. The fraction of sp³-hybridized carbons (Fsp3) is 0.667. The maximum absolute atomic E-state index is 4.22. The van der Waals surface area contributed by atoms with Crippen LogP contribution in [0.15, 0.2) is 11.4 Å². The Morgan fingerprint density at radius 2 is 2.25 bits per heavy atom. The number of hydrogen-bond acceptors (Lipinski definition) is 3. The van der Waals surface area contributed by atoms with Gasteiger partial charge in [0.1, 0.15) is 0 Å². The van der Waals surface area contributed by atoms with Crippen molar-refractivity contribution < 1.29 is 0 Å². The SMILES string of the molecule is CC.CCSCCc1ccsn1. The van der Waals surface area contributed by atoms with E-state index in [0.717, 1.165) is 6.42 Å². The molecule has 0 radical (unpaired) electrons. The first-order valence-corrected chi connectivity index (χ1v) is 6.39. The van der Waals surface area contributed by atoms with E-state index in [1.54, 1.807) is 0 Å². The molecule has 70 valence electrons. The predicted molar refractivity (Wildman–Crippen MR) is 60.2 cm³/mol. The second kappa shape index (κ2) is 9.07. The van der Waals surface area contributed by atoms with E-state index in [1.807, 2.05) is 31.0 Å². The van der Waals surface area contributed by atoms with Gasteiger partial charge in [-0.25, -0.2) is 0 Å². The molecule has 1 nitrogen and oxygen atoms in total. The lowest BCUT2D eigenvalue weighted by Gasteiger charge is -1.92. The van der Waals surface area contributed by atoms with Gasteiger partial charge in [-0.3, -0.25) is 0 Å². The molecule has 1 aromatic heterocycles. The lowest BCUT2D eigenvalue weighted by molar-refractivity contribution is 1.10. The molecule has 1 rings (SSSR count). The number of thioether (sulfide) groups is 1. The van der Waals surface area contributed by atoms with Gasteiger partial charge in [-0.05, 0) is 35.5 Å². The zero-order chi connectivity index (χ0) is 9.23. The highest BCUT2D eigenvalue weighted by molar-refractivity contribution is 7.99. The number of rotatable bonds is 4. The third-order valence-corrected chi connectivity index (χ3v) is 2.70. The van der Waals surface area contributed by atoms with E-state index in [1.165, 1.54) is 28.7 Å². The summed E-state index contributed by atoms with van der Waals surface area (Å²) < 4.78 is 4.22. The summed E-state index contributed by atoms with van der Waals surface area (Å²) in [5.74, 6) is 2.42. The normalized spacial score (nSPS) is 8.92. The molecule has 0 aromatic carbocycles. The Morgan fingerprint density at radius 3 is 2.75 bits per heavy atom. The third-order valence-electron chi connectivity index (χ3n) is 1.20. The molecule has 0 atom stereocenters. The smallest absolute Gasteiger partial charge is 0.0550 e. The van der Waals surface area contributed by atoms with Crippen molar-refractivity contribution >= 4 is 23.3 Å². The van der Waals surface area contributed by atoms with Gasteiger partial charge in [0.25, 0.3) is 0 Å². The summed E-state index contributed by atoms with van der Waals surface area (Å²) in [5.41, 5.74) is 1.24. The Labute approximate surface area is 83.8 Å². The Kier molecular flexibility index (Phi) is 9.06. The second-order valence-corrected chi connectivity index (χ2v) is 4.00. The third kappa shape index (κ3) is 5.61. The Morgan fingerprint density at radius 1 is 1.50 bits per heavy atom. The summed E-state index contributed by atoms with van der Waals surface area (Å²) in [5, 5.41) is 2.03. The van der Waals surface area contributed by atoms with Crippen LogP contribution >= 0.6 is 23.3 Å². The first kappa shape index (κ1) is 12.0. The van der Waals surface area contributed by atoms with Gasteiger partial charge in [-0.15, -0.1) is 0 Å². The van der Waals surface area contributed by atoms with Gasteiger partial charge in [-0.2, -0.15) is 16.1 Å². The van der Waals surface area contributed by atoms with Crippen LogP contribution in [0.5, 0.6) is 0 Å². The summed E-state index contributed by atoms with van der Waals surface area (Å²) >= 11 is 3.51. The summed E-state index contributed by atoms with van der Waals surface area (Å²) in [6.07, 6.45) is 1.13. The monoisotopic (exact) mass is 203 g/mol. The van der Waals surface area contributed by atoms with Crippen LogP contribution in [0.1, 0.15) is 26.5 Å². The molecule has 0 fully saturated rings. The zero-order valence-electron chi connectivity index (χ0n) is 8.04. The molecule has 0 aliphatic carbocycles. The van der Waals surface area contributed by atoms with Crippen LogP contribution in [0.3, 0.4) is 0 Å². The van der Waals surface area contributed by atoms with Crippen LogP contribution in [-0.2, 0) is 6.42 Å².